The van der Waals surface area contributed by atoms with Crippen molar-refractivity contribution in [3.8, 4) is 5.75 Å². The standard InChI is InChI=1S/C13H13N5OS/c14-12-17-18-11(15-16-13(18)20-12)7-19-10-5-4-8-2-1-3-9(8)6-10/h4-6H,1-3,7H2,(H2,14,17). The fourth-order valence-corrected chi connectivity index (χ4v) is 3.17. The third kappa shape index (κ3) is 1.90. The van der Waals surface area contributed by atoms with Gasteiger partial charge in [0.2, 0.25) is 10.1 Å². The number of aryl methyl sites for hydroxylation is 2. The summed E-state index contributed by atoms with van der Waals surface area (Å²) in [6, 6.07) is 6.28. The number of aromatic nitrogens is 4. The molecule has 0 saturated heterocycles. The first-order chi connectivity index (χ1) is 9.79. The average molecular weight is 287 g/mol. The third-order valence-corrected chi connectivity index (χ3v) is 4.24. The number of hydrogen-bond donors (Lipinski definition) is 1. The molecule has 2 heterocycles. The predicted octanol–water partition coefficient (Wildman–Crippen LogP) is 1.84. The average Bonchev–Trinajstić information content (AvgIpc) is 3.11. The zero-order valence-electron chi connectivity index (χ0n) is 10.7. The SMILES string of the molecule is Nc1nn2c(COc3ccc4c(c3)CCC4)nnc2s1. The van der Waals surface area contributed by atoms with Crippen molar-refractivity contribution < 1.29 is 4.74 Å². The zero-order chi connectivity index (χ0) is 13.5. The Balaban J connectivity index is 1.55. The molecule has 0 radical (unpaired) electrons. The molecule has 2 N–H and O–H groups in total. The molecule has 3 aromatic rings. The van der Waals surface area contributed by atoms with Gasteiger partial charge in [-0.05, 0) is 42.5 Å². The van der Waals surface area contributed by atoms with Gasteiger partial charge in [0.15, 0.2) is 5.82 Å². The lowest BCUT2D eigenvalue weighted by Crippen LogP contribution is -2.03. The van der Waals surface area contributed by atoms with E-state index in [0.717, 1.165) is 12.2 Å². The highest BCUT2D eigenvalue weighted by atomic mass is 32.1. The normalized spacial score (nSPS) is 13.8. The molecule has 0 amide bonds. The Kier molecular flexibility index (Phi) is 2.59. The summed E-state index contributed by atoms with van der Waals surface area (Å²) in [5.74, 6) is 1.53. The molecule has 6 nitrogen and oxygen atoms in total. The van der Waals surface area contributed by atoms with E-state index in [2.05, 4.69) is 27.4 Å². The maximum absolute atomic E-state index is 5.79. The van der Waals surface area contributed by atoms with Crippen LogP contribution in [0, 0.1) is 0 Å². The molecule has 4 rings (SSSR count). The number of rotatable bonds is 3. The number of nitrogens with two attached hydrogens (primary N) is 1. The van der Waals surface area contributed by atoms with Gasteiger partial charge in [-0.3, -0.25) is 0 Å². The van der Waals surface area contributed by atoms with Crippen molar-refractivity contribution in [2.24, 2.45) is 0 Å². The van der Waals surface area contributed by atoms with Crippen LogP contribution in [0.25, 0.3) is 4.96 Å². The van der Waals surface area contributed by atoms with E-state index in [9.17, 15) is 0 Å². The summed E-state index contributed by atoms with van der Waals surface area (Å²) in [7, 11) is 0. The molecule has 20 heavy (non-hydrogen) atoms. The number of hydrogen-bond acceptors (Lipinski definition) is 6. The van der Waals surface area contributed by atoms with E-state index in [1.54, 1.807) is 4.52 Å². The second-order valence-corrected chi connectivity index (χ2v) is 5.81. The van der Waals surface area contributed by atoms with Gasteiger partial charge in [-0.25, -0.2) is 0 Å². The number of nitrogens with zero attached hydrogens (tertiary/aromatic N) is 4. The highest BCUT2D eigenvalue weighted by Crippen LogP contribution is 2.26. The second kappa shape index (κ2) is 4.45. The monoisotopic (exact) mass is 287 g/mol. The van der Waals surface area contributed by atoms with Gasteiger partial charge in [0.1, 0.15) is 12.4 Å². The van der Waals surface area contributed by atoms with Crippen molar-refractivity contribution in [1.29, 1.82) is 0 Å². The van der Waals surface area contributed by atoms with Gasteiger partial charge in [0.05, 0.1) is 0 Å². The number of nitrogen functional groups attached to an aromatic ring is 1. The first kappa shape index (κ1) is 11.7. The zero-order valence-corrected chi connectivity index (χ0v) is 11.6. The molecule has 1 aromatic carbocycles. The van der Waals surface area contributed by atoms with Crippen LogP contribution in [-0.4, -0.2) is 19.8 Å². The lowest BCUT2D eigenvalue weighted by molar-refractivity contribution is 0.292. The van der Waals surface area contributed by atoms with Gasteiger partial charge in [-0.2, -0.15) is 4.52 Å². The first-order valence-corrected chi connectivity index (χ1v) is 7.32. The Bertz CT molecular complexity index is 778. The second-order valence-electron chi connectivity index (χ2n) is 4.82. The van der Waals surface area contributed by atoms with Gasteiger partial charge in [-0.15, -0.1) is 15.3 Å². The predicted molar refractivity (Wildman–Crippen MR) is 75.9 cm³/mol. The van der Waals surface area contributed by atoms with Crippen molar-refractivity contribution in [2.75, 3.05) is 5.73 Å². The van der Waals surface area contributed by atoms with Crippen LogP contribution in [0.5, 0.6) is 5.75 Å². The highest BCUT2D eigenvalue weighted by Gasteiger charge is 2.13. The van der Waals surface area contributed by atoms with Gasteiger partial charge < -0.3 is 10.5 Å². The molecule has 7 heteroatoms. The molecule has 1 aliphatic carbocycles. The van der Waals surface area contributed by atoms with Gasteiger partial charge in [0.25, 0.3) is 0 Å². The summed E-state index contributed by atoms with van der Waals surface area (Å²) in [5.41, 5.74) is 8.49. The number of fused-ring (bicyclic) bond motifs is 2. The molecule has 1 aliphatic rings. The molecule has 0 aliphatic heterocycles. The lowest BCUT2D eigenvalue weighted by atomic mass is 10.1. The van der Waals surface area contributed by atoms with Crippen molar-refractivity contribution >= 4 is 21.4 Å². The number of benzene rings is 1. The Hall–Kier alpha value is -2.15. The van der Waals surface area contributed by atoms with E-state index in [1.807, 2.05) is 6.07 Å². The third-order valence-electron chi connectivity index (χ3n) is 3.51. The Morgan fingerprint density at radius 1 is 1.25 bits per heavy atom. The molecule has 2 aromatic heterocycles. The largest absolute Gasteiger partial charge is 0.486 e. The first-order valence-electron chi connectivity index (χ1n) is 6.51. The minimum absolute atomic E-state index is 0.336. The molecule has 0 atom stereocenters. The fraction of sp³-hybridized carbons (Fsp3) is 0.308. The van der Waals surface area contributed by atoms with Crippen LogP contribution in [0.3, 0.4) is 0 Å². The molecule has 0 bridgehead atoms. The molecule has 0 saturated carbocycles. The van der Waals surface area contributed by atoms with Crippen molar-refractivity contribution in [2.45, 2.75) is 25.9 Å². The molecule has 0 unspecified atom stereocenters. The van der Waals surface area contributed by atoms with E-state index >= 15 is 0 Å². The van der Waals surface area contributed by atoms with Crippen LogP contribution in [0.1, 0.15) is 23.4 Å². The lowest BCUT2D eigenvalue weighted by Gasteiger charge is -2.06. The van der Waals surface area contributed by atoms with Crippen LogP contribution in [0.2, 0.25) is 0 Å². The van der Waals surface area contributed by atoms with E-state index in [-0.39, 0.29) is 0 Å². The van der Waals surface area contributed by atoms with E-state index in [4.69, 9.17) is 10.5 Å². The van der Waals surface area contributed by atoms with Gasteiger partial charge in [-0.1, -0.05) is 17.4 Å². The number of anilines is 1. The van der Waals surface area contributed by atoms with Crippen LogP contribution in [0.15, 0.2) is 18.2 Å². The minimum Gasteiger partial charge on any atom is -0.486 e. The summed E-state index contributed by atoms with van der Waals surface area (Å²) >= 11 is 1.31. The Labute approximate surface area is 119 Å². The number of ether oxygens (including phenoxy) is 1. The van der Waals surface area contributed by atoms with Crippen molar-refractivity contribution in [1.82, 2.24) is 19.8 Å². The smallest absolute Gasteiger partial charge is 0.236 e. The van der Waals surface area contributed by atoms with Crippen molar-refractivity contribution in [3.63, 3.8) is 0 Å². The summed E-state index contributed by atoms with van der Waals surface area (Å²) in [4.78, 5) is 0.690. The van der Waals surface area contributed by atoms with Crippen LogP contribution < -0.4 is 10.5 Å². The molecular weight excluding hydrogens is 274 g/mol. The van der Waals surface area contributed by atoms with Crippen molar-refractivity contribution in [3.05, 3.63) is 35.2 Å². The maximum atomic E-state index is 5.79. The van der Waals surface area contributed by atoms with E-state index in [0.29, 0.717) is 22.5 Å². The summed E-state index contributed by atoms with van der Waals surface area (Å²) < 4.78 is 7.43. The van der Waals surface area contributed by atoms with Gasteiger partial charge in [0, 0.05) is 0 Å². The topological polar surface area (TPSA) is 78.3 Å². The molecule has 0 fully saturated rings. The van der Waals surface area contributed by atoms with E-state index < -0.39 is 0 Å². The van der Waals surface area contributed by atoms with Crippen LogP contribution in [-0.2, 0) is 19.4 Å². The summed E-state index contributed by atoms with van der Waals surface area (Å²) in [6.45, 7) is 0.336. The van der Waals surface area contributed by atoms with Crippen LogP contribution in [0.4, 0.5) is 5.13 Å². The molecular formula is C13H13N5OS. The van der Waals surface area contributed by atoms with Gasteiger partial charge >= 0.3 is 0 Å². The summed E-state index contributed by atoms with van der Waals surface area (Å²) in [6.07, 6.45) is 3.56. The summed E-state index contributed by atoms with van der Waals surface area (Å²) in [5, 5.41) is 12.7. The minimum atomic E-state index is 0.336. The Morgan fingerprint density at radius 2 is 2.15 bits per heavy atom. The maximum Gasteiger partial charge on any atom is 0.236 e. The molecule has 0 spiro atoms. The fourth-order valence-electron chi connectivity index (χ4n) is 2.55. The Morgan fingerprint density at radius 3 is 3.10 bits per heavy atom. The van der Waals surface area contributed by atoms with Crippen LogP contribution >= 0.6 is 11.3 Å². The molecule has 102 valence electrons. The highest BCUT2D eigenvalue weighted by molar-refractivity contribution is 7.20. The quantitative estimate of drug-likeness (QED) is 0.795. The van der Waals surface area contributed by atoms with E-state index in [1.165, 1.54) is 35.3 Å².